The van der Waals surface area contributed by atoms with E-state index in [0.29, 0.717) is 12.2 Å². The molecule has 1 aromatic heterocycles. The van der Waals surface area contributed by atoms with Gasteiger partial charge in [0.05, 0.1) is 14.2 Å². The summed E-state index contributed by atoms with van der Waals surface area (Å²) >= 11 is 0. The minimum Gasteiger partial charge on any atom is -0.465 e. The number of esters is 2. The smallest absolute Gasteiger partial charge is 0.361 e. The van der Waals surface area contributed by atoms with Crippen molar-refractivity contribution in [3.63, 3.8) is 0 Å². The summed E-state index contributed by atoms with van der Waals surface area (Å²) in [6, 6.07) is 0. The van der Waals surface area contributed by atoms with Crippen molar-refractivity contribution in [2.24, 2.45) is 0 Å². The van der Waals surface area contributed by atoms with Crippen LogP contribution in [0.3, 0.4) is 0 Å². The minimum absolute atomic E-state index is 0.0341. The molecule has 0 radical (unpaired) electrons. The third kappa shape index (κ3) is 1.98. The monoisotopic (exact) mass is 213 g/mol. The predicted molar refractivity (Wildman–Crippen MR) is 48.6 cm³/mol. The largest absolute Gasteiger partial charge is 0.465 e. The van der Waals surface area contributed by atoms with Crippen molar-refractivity contribution in [2.75, 3.05) is 14.2 Å². The summed E-state index contributed by atoms with van der Waals surface area (Å²) < 4.78 is 13.8. The average Bonchev–Trinajstić information content (AvgIpc) is 2.70. The van der Waals surface area contributed by atoms with Crippen molar-refractivity contribution in [1.29, 1.82) is 0 Å². The molecule has 15 heavy (non-hydrogen) atoms. The topological polar surface area (TPSA) is 78.6 Å². The Labute approximate surface area is 86.1 Å². The fourth-order valence-corrected chi connectivity index (χ4v) is 1.11. The number of hydrogen-bond donors (Lipinski definition) is 0. The van der Waals surface area contributed by atoms with Crippen LogP contribution in [0.5, 0.6) is 0 Å². The standard InChI is InChI=1S/C9H11NO5/c1-4-5-6(8(11)13-2)7(10-15-5)9(12)14-3/h4H2,1-3H3. The lowest BCUT2D eigenvalue weighted by Crippen LogP contribution is -2.11. The molecule has 6 nitrogen and oxygen atoms in total. The van der Waals surface area contributed by atoms with E-state index in [-0.39, 0.29) is 11.3 Å². The number of nitrogens with zero attached hydrogens (tertiary/aromatic N) is 1. The van der Waals surface area contributed by atoms with E-state index in [1.807, 2.05) is 0 Å². The van der Waals surface area contributed by atoms with Crippen molar-refractivity contribution < 1.29 is 23.6 Å². The lowest BCUT2D eigenvalue weighted by molar-refractivity contribution is 0.0550. The molecule has 0 saturated heterocycles. The number of hydrogen-bond acceptors (Lipinski definition) is 6. The maximum Gasteiger partial charge on any atom is 0.361 e. The Kier molecular flexibility index (Phi) is 3.43. The molecule has 0 unspecified atom stereocenters. The van der Waals surface area contributed by atoms with Gasteiger partial charge in [0.2, 0.25) is 5.69 Å². The molecule has 0 N–H and O–H groups in total. The highest BCUT2D eigenvalue weighted by Crippen LogP contribution is 2.16. The number of carbonyl (C=O) groups is 2. The molecule has 0 aromatic carbocycles. The van der Waals surface area contributed by atoms with E-state index in [9.17, 15) is 9.59 Å². The fraction of sp³-hybridized carbons (Fsp3) is 0.444. The van der Waals surface area contributed by atoms with Crippen LogP contribution in [-0.2, 0) is 15.9 Å². The van der Waals surface area contributed by atoms with Crippen LogP contribution in [0.4, 0.5) is 0 Å². The van der Waals surface area contributed by atoms with E-state index in [0.717, 1.165) is 0 Å². The first kappa shape index (κ1) is 11.2. The van der Waals surface area contributed by atoms with Crippen LogP contribution in [0, 0.1) is 0 Å². The van der Waals surface area contributed by atoms with Crippen LogP contribution >= 0.6 is 0 Å². The van der Waals surface area contributed by atoms with Gasteiger partial charge in [0.25, 0.3) is 0 Å². The maximum atomic E-state index is 11.4. The predicted octanol–water partition coefficient (Wildman–Crippen LogP) is 0.810. The highest BCUT2D eigenvalue weighted by Gasteiger charge is 2.27. The van der Waals surface area contributed by atoms with Crippen LogP contribution in [-0.4, -0.2) is 31.3 Å². The zero-order valence-electron chi connectivity index (χ0n) is 8.70. The van der Waals surface area contributed by atoms with Gasteiger partial charge in [-0.1, -0.05) is 12.1 Å². The van der Waals surface area contributed by atoms with E-state index >= 15 is 0 Å². The molecule has 6 heteroatoms. The Morgan fingerprint density at radius 3 is 2.33 bits per heavy atom. The summed E-state index contributed by atoms with van der Waals surface area (Å²) in [4.78, 5) is 22.6. The van der Waals surface area contributed by atoms with Gasteiger partial charge < -0.3 is 14.0 Å². The molecule has 0 aliphatic rings. The van der Waals surface area contributed by atoms with E-state index in [1.165, 1.54) is 14.2 Å². The summed E-state index contributed by atoms with van der Waals surface area (Å²) in [7, 11) is 2.42. The van der Waals surface area contributed by atoms with Gasteiger partial charge >= 0.3 is 11.9 Å². The second kappa shape index (κ2) is 4.59. The molecule has 1 aromatic rings. The minimum atomic E-state index is -0.723. The summed E-state index contributed by atoms with van der Waals surface area (Å²) in [5.41, 5.74) is -0.118. The van der Waals surface area contributed by atoms with E-state index in [2.05, 4.69) is 14.6 Å². The van der Waals surface area contributed by atoms with E-state index in [4.69, 9.17) is 4.52 Å². The molecule has 0 aliphatic heterocycles. The number of aryl methyl sites for hydroxylation is 1. The van der Waals surface area contributed by atoms with Crippen molar-refractivity contribution in [2.45, 2.75) is 13.3 Å². The molecule has 0 bridgehead atoms. The molecule has 0 aliphatic carbocycles. The summed E-state index contributed by atoms with van der Waals surface area (Å²) in [6.07, 6.45) is 0.439. The molecule has 1 rings (SSSR count). The Bertz CT molecular complexity index is 382. The first-order valence-electron chi connectivity index (χ1n) is 4.30. The van der Waals surface area contributed by atoms with E-state index < -0.39 is 11.9 Å². The van der Waals surface area contributed by atoms with Crippen LogP contribution in [0.25, 0.3) is 0 Å². The number of ether oxygens (including phenoxy) is 2. The highest BCUT2D eigenvalue weighted by atomic mass is 16.5. The Hall–Kier alpha value is -1.85. The molecule has 82 valence electrons. The van der Waals surface area contributed by atoms with Crippen molar-refractivity contribution >= 4 is 11.9 Å². The molecular formula is C9H11NO5. The molecule has 0 spiro atoms. The maximum absolute atomic E-state index is 11.4. The number of carbonyl (C=O) groups excluding carboxylic acids is 2. The van der Waals surface area contributed by atoms with Crippen LogP contribution in [0.1, 0.15) is 33.5 Å². The number of rotatable bonds is 3. The van der Waals surface area contributed by atoms with Gasteiger partial charge in [0.15, 0.2) is 5.76 Å². The molecule has 0 amide bonds. The quantitative estimate of drug-likeness (QED) is 0.691. The summed E-state index contributed by atoms with van der Waals surface area (Å²) in [6.45, 7) is 1.77. The van der Waals surface area contributed by atoms with Crippen LogP contribution in [0.2, 0.25) is 0 Å². The summed E-state index contributed by atoms with van der Waals surface area (Å²) in [5.74, 6) is -1.07. The van der Waals surface area contributed by atoms with Gasteiger partial charge in [0.1, 0.15) is 5.56 Å². The first-order chi connectivity index (χ1) is 7.15. The van der Waals surface area contributed by atoms with Gasteiger partial charge in [-0.2, -0.15) is 0 Å². The lowest BCUT2D eigenvalue weighted by Gasteiger charge is -1.99. The Morgan fingerprint density at radius 2 is 1.87 bits per heavy atom. The van der Waals surface area contributed by atoms with Gasteiger partial charge in [0, 0.05) is 6.42 Å². The SMILES string of the molecule is CCc1onc(C(=O)OC)c1C(=O)OC. The number of methoxy groups -OCH3 is 2. The molecule has 1 heterocycles. The molecule has 0 atom stereocenters. The summed E-state index contributed by atoms with van der Waals surface area (Å²) in [5, 5.41) is 3.48. The van der Waals surface area contributed by atoms with Crippen molar-refractivity contribution in [3.05, 3.63) is 17.0 Å². The second-order valence-electron chi connectivity index (χ2n) is 2.67. The molecule has 0 saturated carbocycles. The fourth-order valence-electron chi connectivity index (χ4n) is 1.11. The zero-order valence-corrected chi connectivity index (χ0v) is 8.70. The normalized spacial score (nSPS) is 9.80. The lowest BCUT2D eigenvalue weighted by atomic mass is 10.1. The van der Waals surface area contributed by atoms with E-state index in [1.54, 1.807) is 6.92 Å². The van der Waals surface area contributed by atoms with Crippen molar-refractivity contribution in [3.8, 4) is 0 Å². The van der Waals surface area contributed by atoms with Gasteiger partial charge in [-0.15, -0.1) is 0 Å². The molecular weight excluding hydrogens is 202 g/mol. The highest BCUT2D eigenvalue weighted by molar-refractivity contribution is 6.02. The van der Waals surface area contributed by atoms with Gasteiger partial charge in [-0.05, 0) is 0 Å². The average molecular weight is 213 g/mol. The first-order valence-corrected chi connectivity index (χ1v) is 4.30. The number of aromatic nitrogens is 1. The second-order valence-corrected chi connectivity index (χ2v) is 2.67. The third-order valence-corrected chi connectivity index (χ3v) is 1.85. The van der Waals surface area contributed by atoms with Gasteiger partial charge in [-0.25, -0.2) is 9.59 Å². The van der Waals surface area contributed by atoms with Gasteiger partial charge in [-0.3, -0.25) is 0 Å². The Balaban J connectivity index is 3.23. The Morgan fingerprint density at radius 1 is 1.27 bits per heavy atom. The molecule has 0 fully saturated rings. The van der Waals surface area contributed by atoms with Crippen LogP contribution < -0.4 is 0 Å². The van der Waals surface area contributed by atoms with Crippen molar-refractivity contribution in [1.82, 2.24) is 5.16 Å². The third-order valence-electron chi connectivity index (χ3n) is 1.85. The van der Waals surface area contributed by atoms with Crippen LogP contribution in [0.15, 0.2) is 4.52 Å². The zero-order chi connectivity index (χ0) is 11.4.